The first-order valence-corrected chi connectivity index (χ1v) is 7.52. The van der Waals surface area contributed by atoms with E-state index in [-0.39, 0.29) is 0 Å². The third-order valence-corrected chi connectivity index (χ3v) is 3.24. The van der Waals surface area contributed by atoms with Gasteiger partial charge in [0.15, 0.2) is 0 Å². The number of rotatable bonds is 11. The number of hydrogen-bond donors (Lipinski definition) is 0. The van der Waals surface area contributed by atoms with Gasteiger partial charge in [-0.3, -0.25) is 0 Å². The minimum atomic E-state index is 0.595. The molecule has 0 saturated heterocycles. The van der Waals surface area contributed by atoms with Gasteiger partial charge in [0.2, 0.25) is 0 Å². The summed E-state index contributed by atoms with van der Waals surface area (Å²) in [6.07, 6.45) is 10.1. The average molecular weight is 262 g/mol. The molecule has 0 aliphatic rings. The van der Waals surface area contributed by atoms with Gasteiger partial charge in [0.1, 0.15) is 12.0 Å². The summed E-state index contributed by atoms with van der Waals surface area (Å²) >= 11 is 0. The highest BCUT2D eigenvalue weighted by Crippen LogP contribution is 2.14. The Kier molecular flexibility index (Phi) is 8.78. The summed E-state index contributed by atoms with van der Waals surface area (Å²) in [6.45, 7) is 3.04. The maximum absolute atomic E-state index is 10.3. The Labute approximate surface area is 117 Å². The van der Waals surface area contributed by atoms with E-state index in [1.165, 1.54) is 37.7 Å². The van der Waals surface area contributed by atoms with Crippen molar-refractivity contribution < 1.29 is 9.53 Å². The van der Waals surface area contributed by atoms with Crippen LogP contribution in [0.3, 0.4) is 0 Å². The Morgan fingerprint density at radius 3 is 2.37 bits per heavy atom. The van der Waals surface area contributed by atoms with Gasteiger partial charge in [-0.15, -0.1) is 0 Å². The van der Waals surface area contributed by atoms with Crippen molar-refractivity contribution in [3.8, 4) is 5.75 Å². The molecule has 106 valence electrons. The highest BCUT2D eigenvalue weighted by Gasteiger charge is 1.96. The fraction of sp³-hybridized carbons (Fsp3) is 0.588. The molecule has 1 aromatic carbocycles. The molecule has 0 aliphatic carbocycles. The first kappa shape index (κ1) is 15.7. The van der Waals surface area contributed by atoms with Gasteiger partial charge >= 0.3 is 0 Å². The summed E-state index contributed by atoms with van der Waals surface area (Å²) in [7, 11) is 0. The highest BCUT2D eigenvalue weighted by molar-refractivity contribution is 5.50. The van der Waals surface area contributed by atoms with Gasteiger partial charge in [-0.25, -0.2) is 0 Å². The molecule has 1 rings (SSSR count). The maximum atomic E-state index is 10.3. The zero-order valence-electron chi connectivity index (χ0n) is 12.1. The second kappa shape index (κ2) is 10.6. The van der Waals surface area contributed by atoms with Crippen LogP contribution in [0.4, 0.5) is 0 Å². The molecular weight excluding hydrogens is 236 g/mol. The average Bonchev–Trinajstić information content (AvgIpc) is 2.45. The summed E-state index contributed by atoms with van der Waals surface area (Å²) < 4.78 is 5.70. The highest BCUT2D eigenvalue weighted by atomic mass is 16.5. The summed E-state index contributed by atoms with van der Waals surface area (Å²) in [5.41, 5.74) is 1.19. The summed E-state index contributed by atoms with van der Waals surface area (Å²) in [4.78, 5) is 10.3. The van der Waals surface area contributed by atoms with Crippen LogP contribution in [0.5, 0.6) is 5.75 Å². The molecule has 0 atom stereocenters. The zero-order chi connectivity index (χ0) is 13.8. The van der Waals surface area contributed by atoms with Crippen molar-refractivity contribution in [2.24, 2.45) is 0 Å². The molecule has 0 fully saturated rings. The Morgan fingerprint density at radius 2 is 1.68 bits per heavy atom. The minimum Gasteiger partial charge on any atom is -0.494 e. The smallest absolute Gasteiger partial charge is 0.120 e. The van der Waals surface area contributed by atoms with E-state index in [4.69, 9.17) is 4.74 Å². The number of carbonyl (C=O) groups is 1. The van der Waals surface area contributed by atoms with Crippen LogP contribution in [0.1, 0.15) is 57.4 Å². The second-order valence-corrected chi connectivity index (χ2v) is 4.97. The third-order valence-electron chi connectivity index (χ3n) is 3.24. The van der Waals surface area contributed by atoms with Gasteiger partial charge in [0, 0.05) is 6.42 Å². The van der Waals surface area contributed by atoms with Gasteiger partial charge < -0.3 is 9.53 Å². The van der Waals surface area contributed by atoms with Crippen molar-refractivity contribution >= 4 is 6.29 Å². The Balaban J connectivity index is 2.10. The summed E-state index contributed by atoms with van der Waals surface area (Å²) in [5, 5.41) is 0. The molecule has 0 bridgehead atoms. The van der Waals surface area contributed by atoms with Crippen LogP contribution >= 0.6 is 0 Å². The molecule has 0 spiro atoms. The lowest BCUT2D eigenvalue weighted by Gasteiger charge is -2.07. The van der Waals surface area contributed by atoms with Gasteiger partial charge in [-0.05, 0) is 30.5 Å². The quantitative estimate of drug-likeness (QED) is 0.432. The van der Waals surface area contributed by atoms with E-state index in [0.29, 0.717) is 6.42 Å². The molecule has 1 aromatic rings. The van der Waals surface area contributed by atoms with Gasteiger partial charge in [0.25, 0.3) is 0 Å². The van der Waals surface area contributed by atoms with Crippen LogP contribution in [0, 0.1) is 0 Å². The number of hydrogen-bond acceptors (Lipinski definition) is 2. The standard InChI is InChI=1S/C17H26O2/c1-2-3-4-5-6-7-15-19-17-12-10-16(11-13-17)9-8-14-18/h10-14H,2-9,15H2,1H3. The Hall–Kier alpha value is -1.31. The van der Waals surface area contributed by atoms with Crippen LogP contribution in [0.2, 0.25) is 0 Å². The predicted molar refractivity (Wildman–Crippen MR) is 79.7 cm³/mol. The zero-order valence-corrected chi connectivity index (χ0v) is 12.1. The van der Waals surface area contributed by atoms with E-state index in [1.807, 2.05) is 24.3 Å². The minimum absolute atomic E-state index is 0.595. The monoisotopic (exact) mass is 262 g/mol. The Morgan fingerprint density at radius 1 is 1.00 bits per heavy atom. The first-order chi connectivity index (χ1) is 9.36. The second-order valence-electron chi connectivity index (χ2n) is 4.97. The van der Waals surface area contributed by atoms with Crippen molar-refractivity contribution in [1.29, 1.82) is 0 Å². The van der Waals surface area contributed by atoms with Crippen LogP contribution in [-0.4, -0.2) is 12.9 Å². The predicted octanol–water partition coefficient (Wildman–Crippen LogP) is 4.56. The van der Waals surface area contributed by atoms with Crippen molar-refractivity contribution in [3.63, 3.8) is 0 Å². The molecule has 0 radical (unpaired) electrons. The molecule has 0 heterocycles. The van der Waals surface area contributed by atoms with Crippen molar-refractivity contribution in [3.05, 3.63) is 29.8 Å². The summed E-state index contributed by atoms with van der Waals surface area (Å²) in [5.74, 6) is 0.934. The fourth-order valence-corrected chi connectivity index (χ4v) is 2.05. The lowest BCUT2D eigenvalue weighted by atomic mass is 10.1. The van der Waals surface area contributed by atoms with Crippen LogP contribution in [-0.2, 0) is 11.2 Å². The fourth-order valence-electron chi connectivity index (χ4n) is 2.05. The van der Waals surface area contributed by atoms with Gasteiger partial charge in [-0.2, -0.15) is 0 Å². The van der Waals surface area contributed by atoms with E-state index in [2.05, 4.69) is 6.92 Å². The molecule has 19 heavy (non-hydrogen) atoms. The number of unbranched alkanes of at least 4 members (excludes halogenated alkanes) is 5. The van der Waals surface area contributed by atoms with E-state index in [9.17, 15) is 4.79 Å². The molecule has 0 saturated carbocycles. The normalized spacial score (nSPS) is 10.4. The molecule has 0 N–H and O–H groups in total. The van der Waals surface area contributed by atoms with Crippen LogP contribution < -0.4 is 4.74 Å². The molecule has 0 aliphatic heterocycles. The van der Waals surface area contributed by atoms with Gasteiger partial charge in [-0.1, -0.05) is 51.2 Å². The number of aryl methyl sites for hydroxylation is 1. The molecule has 2 nitrogen and oxygen atoms in total. The molecule has 2 heteroatoms. The van der Waals surface area contributed by atoms with Crippen LogP contribution in [0.15, 0.2) is 24.3 Å². The van der Waals surface area contributed by atoms with Crippen LogP contribution in [0.25, 0.3) is 0 Å². The Bertz CT molecular complexity index is 330. The number of ether oxygens (including phenoxy) is 1. The molecule has 0 unspecified atom stereocenters. The number of benzene rings is 1. The summed E-state index contributed by atoms with van der Waals surface area (Å²) in [6, 6.07) is 8.08. The van der Waals surface area contributed by atoms with E-state index in [0.717, 1.165) is 31.5 Å². The first-order valence-electron chi connectivity index (χ1n) is 7.52. The van der Waals surface area contributed by atoms with Crippen molar-refractivity contribution in [2.45, 2.75) is 58.3 Å². The molecule has 0 amide bonds. The lowest BCUT2D eigenvalue weighted by Crippen LogP contribution is -1.97. The van der Waals surface area contributed by atoms with Crippen molar-refractivity contribution in [1.82, 2.24) is 0 Å². The van der Waals surface area contributed by atoms with E-state index >= 15 is 0 Å². The molecule has 0 aromatic heterocycles. The van der Waals surface area contributed by atoms with Gasteiger partial charge in [0.05, 0.1) is 6.61 Å². The van der Waals surface area contributed by atoms with E-state index in [1.54, 1.807) is 0 Å². The topological polar surface area (TPSA) is 26.3 Å². The largest absolute Gasteiger partial charge is 0.494 e. The molecular formula is C17H26O2. The third kappa shape index (κ3) is 7.66. The van der Waals surface area contributed by atoms with E-state index < -0.39 is 0 Å². The number of carbonyl (C=O) groups excluding carboxylic acids is 1. The number of aldehydes is 1. The lowest BCUT2D eigenvalue weighted by molar-refractivity contribution is -0.107. The maximum Gasteiger partial charge on any atom is 0.120 e. The van der Waals surface area contributed by atoms with Crippen molar-refractivity contribution in [2.75, 3.05) is 6.61 Å². The SMILES string of the molecule is CCCCCCCCOc1ccc(CCC=O)cc1.